The van der Waals surface area contributed by atoms with Crippen LogP contribution >= 0.6 is 0 Å². The molecule has 4 nitrogen and oxygen atoms in total. The van der Waals surface area contributed by atoms with Crippen molar-refractivity contribution in [1.82, 2.24) is 10.6 Å². The van der Waals surface area contributed by atoms with Gasteiger partial charge in [0.1, 0.15) is 5.75 Å². The lowest BCUT2D eigenvalue weighted by molar-refractivity contribution is -0.124. The fourth-order valence-corrected chi connectivity index (χ4v) is 2.68. The molecular formula is C16H24N2O2. The van der Waals surface area contributed by atoms with Gasteiger partial charge in [-0.2, -0.15) is 0 Å². The minimum absolute atomic E-state index is 0.0338. The number of amides is 1. The summed E-state index contributed by atoms with van der Waals surface area (Å²) < 4.78 is 0. The van der Waals surface area contributed by atoms with Gasteiger partial charge in [-0.05, 0) is 49.4 Å². The smallest absolute Gasteiger partial charge is 0.237 e. The molecule has 1 aliphatic heterocycles. The van der Waals surface area contributed by atoms with E-state index in [1.54, 1.807) is 12.1 Å². The molecule has 0 bridgehead atoms. The molecule has 1 heterocycles. The van der Waals surface area contributed by atoms with E-state index < -0.39 is 0 Å². The monoisotopic (exact) mass is 276 g/mol. The number of hydrogen-bond acceptors (Lipinski definition) is 3. The molecule has 1 amide bonds. The SMILES string of the molecule is CCC1CCNC(C(=O)NCCc2ccc(O)cc2)C1. The Morgan fingerprint density at radius 2 is 2.15 bits per heavy atom. The summed E-state index contributed by atoms with van der Waals surface area (Å²) in [5.74, 6) is 1.06. The predicted molar refractivity (Wildman–Crippen MR) is 79.6 cm³/mol. The molecule has 0 radical (unpaired) electrons. The van der Waals surface area contributed by atoms with Crippen LogP contribution in [0.2, 0.25) is 0 Å². The van der Waals surface area contributed by atoms with E-state index in [2.05, 4.69) is 17.6 Å². The second-order valence-electron chi connectivity index (χ2n) is 5.51. The van der Waals surface area contributed by atoms with Crippen LogP contribution in [0, 0.1) is 5.92 Å². The van der Waals surface area contributed by atoms with Crippen LogP contribution in [0.15, 0.2) is 24.3 Å². The highest BCUT2D eigenvalue weighted by Gasteiger charge is 2.25. The molecule has 2 rings (SSSR count). The number of carbonyl (C=O) groups excluding carboxylic acids is 1. The first-order valence-electron chi connectivity index (χ1n) is 7.48. The summed E-state index contributed by atoms with van der Waals surface area (Å²) in [4.78, 5) is 12.1. The number of rotatable bonds is 5. The Morgan fingerprint density at radius 1 is 1.40 bits per heavy atom. The maximum absolute atomic E-state index is 12.1. The normalized spacial score (nSPS) is 22.4. The minimum atomic E-state index is -0.0338. The van der Waals surface area contributed by atoms with Crippen molar-refractivity contribution in [2.24, 2.45) is 5.92 Å². The van der Waals surface area contributed by atoms with Gasteiger partial charge >= 0.3 is 0 Å². The van der Waals surface area contributed by atoms with Crippen LogP contribution in [0.25, 0.3) is 0 Å². The third-order valence-corrected chi connectivity index (χ3v) is 4.06. The highest BCUT2D eigenvalue weighted by Crippen LogP contribution is 2.19. The van der Waals surface area contributed by atoms with E-state index in [4.69, 9.17) is 0 Å². The molecule has 1 fully saturated rings. The largest absolute Gasteiger partial charge is 0.508 e. The van der Waals surface area contributed by atoms with E-state index in [0.717, 1.165) is 31.4 Å². The van der Waals surface area contributed by atoms with Gasteiger partial charge < -0.3 is 15.7 Å². The second-order valence-corrected chi connectivity index (χ2v) is 5.51. The summed E-state index contributed by atoms with van der Waals surface area (Å²) in [5, 5.41) is 15.5. The van der Waals surface area contributed by atoms with E-state index in [1.807, 2.05) is 12.1 Å². The van der Waals surface area contributed by atoms with Crippen LogP contribution in [0.4, 0.5) is 0 Å². The summed E-state index contributed by atoms with van der Waals surface area (Å²) in [7, 11) is 0. The molecule has 2 unspecified atom stereocenters. The summed E-state index contributed by atoms with van der Waals surface area (Å²) in [6, 6.07) is 7.08. The van der Waals surface area contributed by atoms with Crippen molar-refractivity contribution in [2.45, 2.75) is 38.6 Å². The third-order valence-electron chi connectivity index (χ3n) is 4.06. The Morgan fingerprint density at radius 3 is 2.85 bits per heavy atom. The maximum Gasteiger partial charge on any atom is 0.237 e. The topological polar surface area (TPSA) is 61.4 Å². The number of hydrogen-bond donors (Lipinski definition) is 3. The maximum atomic E-state index is 12.1. The average molecular weight is 276 g/mol. The lowest BCUT2D eigenvalue weighted by atomic mass is 9.90. The van der Waals surface area contributed by atoms with Crippen LogP contribution in [-0.4, -0.2) is 30.1 Å². The third kappa shape index (κ3) is 4.23. The first kappa shape index (κ1) is 14.9. The lowest BCUT2D eigenvalue weighted by Crippen LogP contribution is -2.49. The zero-order valence-electron chi connectivity index (χ0n) is 12.1. The minimum Gasteiger partial charge on any atom is -0.508 e. The van der Waals surface area contributed by atoms with E-state index in [-0.39, 0.29) is 17.7 Å². The van der Waals surface area contributed by atoms with E-state index in [1.165, 1.54) is 6.42 Å². The fraction of sp³-hybridized carbons (Fsp3) is 0.562. The zero-order chi connectivity index (χ0) is 14.4. The Kier molecular flexibility index (Phi) is 5.41. The van der Waals surface area contributed by atoms with Crippen molar-refractivity contribution in [1.29, 1.82) is 0 Å². The van der Waals surface area contributed by atoms with Crippen LogP contribution in [0.1, 0.15) is 31.7 Å². The molecule has 0 spiro atoms. The molecule has 0 aromatic heterocycles. The average Bonchev–Trinajstić information content (AvgIpc) is 2.49. The molecule has 1 aromatic rings. The summed E-state index contributed by atoms with van der Waals surface area (Å²) in [6.07, 6.45) is 4.06. The Labute approximate surface area is 120 Å². The molecule has 1 aliphatic rings. The molecule has 110 valence electrons. The molecule has 1 saturated heterocycles. The molecule has 20 heavy (non-hydrogen) atoms. The zero-order valence-corrected chi connectivity index (χ0v) is 12.1. The van der Waals surface area contributed by atoms with Gasteiger partial charge in [-0.25, -0.2) is 0 Å². The number of phenolic OH excluding ortho intramolecular Hbond substituents is 1. The van der Waals surface area contributed by atoms with Gasteiger partial charge in [0.15, 0.2) is 0 Å². The van der Waals surface area contributed by atoms with Crippen LogP contribution in [0.5, 0.6) is 5.75 Å². The molecule has 4 heteroatoms. The van der Waals surface area contributed by atoms with E-state index >= 15 is 0 Å². The Hall–Kier alpha value is -1.55. The Balaban J connectivity index is 1.73. The van der Waals surface area contributed by atoms with Crippen LogP contribution in [0.3, 0.4) is 0 Å². The molecule has 2 atom stereocenters. The summed E-state index contributed by atoms with van der Waals surface area (Å²) >= 11 is 0. The van der Waals surface area contributed by atoms with Crippen molar-refractivity contribution < 1.29 is 9.90 Å². The van der Waals surface area contributed by atoms with Gasteiger partial charge in [-0.15, -0.1) is 0 Å². The Bertz CT molecular complexity index is 431. The van der Waals surface area contributed by atoms with E-state index in [0.29, 0.717) is 12.5 Å². The van der Waals surface area contributed by atoms with Gasteiger partial charge in [0.05, 0.1) is 6.04 Å². The van der Waals surface area contributed by atoms with Gasteiger partial charge in [-0.3, -0.25) is 4.79 Å². The highest BCUT2D eigenvalue weighted by molar-refractivity contribution is 5.81. The van der Waals surface area contributed by atoms with Crippen molar-refractivity contribution in [3.63, 3.8) is 0 Å². The number of nitrogens with one attached hydrogen (secondary N) is 2. The summed E-state index contributed by atoms with van der Waals surface area (Å²) in [5.41, 5.74) is 1.12. The standard InChI is InChI=1S/C16H24N2O2/c1-2-12-7-9-17-15(11-12)16(20)18-10-8-13-3-5-14(19)6-4-13/h3-6,12,15,17,19H,2,7-11H2,1H3,(H,18,20). The van der Waals surface area contributed by atoms with Gasteiger partial charge in [-0.1, -0.05) is 25.5 Å². The van der Waals surface area contributed by atoms with Crippen molar-refractivity contribution >= 4 is 5.91 Å². The highest BCUT2D eigenvalue weighted by atomic mass is 16.3. The van der Waals surface area contributed by atoms with Gasteiger partial charge in [0.25, 0.3) is 0 Å². The van der Waals surface area contributed by atoms with Crippen LogP contribution < -0.4 is 10.6 Å². The van der Waals surface area contributed by atoms with E-state index in [9.17, 15) is 9.90 Å². The molecule has 3 N–H and O–H groups in total. The second kappa shape index (κ2) is 7.29. The molecular weight excluding hydrogens is 252 g/mol. The lowest BCUT2D eigenvalue weighted by Gasteiger charge is -2.28. The number of piperidine rings is 1. The molecule has 1 aromatic carbocycles. The predicted octanol–water partition coefficient (Wildman–Crippen LogP) is 1.83. The number of carbonyl (C=O) groups is 1. The van der Waals surface area contributed by atoms with Crippen LogP contribution in [-0.2, 0) is 11.2 Å². The molecule has 0 saturated carbocycles. The van der Waals surface area contributed by atoms with Gasteiger partial charge in [0.2, 0.25) is 5.91 Å². The van der Waals surface area contributed by atoms with Crippen molar-refractivity contribution in [3.8, 4) is 5.75 Å². The fourth-order valence-electron chi connectivity index (χ4n) is 2.68. The first-order chi connectivity index (χ1) is 9.69. The quantitative estimate of drug-likeness (QED) is 0.769. The number of aromatic hydroxyl groups is 1. The molecule has 0 aliphatic carbocycles. The number of phenols is 1. The van der Waals surface area contributed by atoms with Crippen molar-refractivity contribution in [3.05, 3.63) is 29.8 Å². The van der Waals surface area contributed by atoms with Gasteiger partial charge in [0, 0.05) is 6.54 Å². The number of benzene rings is 1. The first-order valence-corrected chi connectivity index (χ1v) is 7.48. The summed E-state index contributed by atoms with van der Waals surface area (Å²) in [6.45, 7) is 3.77. The van der Waals surface area contributed by atoms with Crippen molar-refractivity contribution in [2.75, 3.05) is 13.1 Å².